The van der Waals surface area contributed by atoms with Gasteiger partial charge in [0.05, 0.1) is 5.02 Å². The Morgan fingerprint density at radius 1 is 1.58 bits per heavy atom. The molecule has 1 aromatic heterocycles. The summed E-state index contributed by atoms with van der Waals surface area (Å²) in [5.74, 6) is 0.969. The molecule has 0 radical (unpaired) electrons. The fraction of sp³-hybridized carbons (Fsp3) is 0.444. The summed E-state index contributed by atoms with van der Waals surface area (Å²) in [5, 5.41) is 4.12. The number of hydrogen-bond acceptors (Lipinski definition) is 2. The third-order valence-electron chi connectivity index (χ3n) is 2.18. The van der Waals surface area contributed by atoms with E-state index in [0.717, 1.165) is 35.8 Å². The van der Waals surface area contributed by atoms with Crippen molar-refractivity contribution in [3.63, 3.8) is 0 Å². The molecule has 64 valence electrons. The molecule has 3 heteroatoms. The molecule has 2 nitrogen and oxygen atoms in total. The second kappa shape index (κ2) is 2.94. The molecule has 0 fully saturated rings. The zero-order valence-corrected chi connectivity index (χ0v) is 7.78. The number of fused-ring (bicyclic) bond motifs is 1. The number of aryl methyl sites for hydroxylation is 1. The first-order valence-corrected chi connectivity index (χ1v) is 4.54. The van der Waals surface area contributed by atoms with Crippen LogP contribution in [0.3, 0.4) is 0 Å². The van der Waals surface area contributed by atoms with Crippen molar-refractivity contribution in [1.29, 1.82) is 0 Å². The topological polar surface area (TPSA) is 24.9 Å². The first kappa shape index (κ1) is 7.87. The fourth-order valence-corrected chi connectivity index (χ4v) is 1.72. The molecule has 1 N–H and O–H groups in total. The van der Waals surface area contributed by atoms with Crippen LogP contribution in [-0.4, -0.2) is 11.5 Å². The summed E-state index contributed by atoms with van der Waals surface area (Å²) in [6.07, 6.45) is 4.02. The standard InChI is InChI=1S/C9H11ClN2/c1-6-5-12-9-7(8(6)10)3-2-4-11-9/h5H,2-4H2,1H3,(H,11,12). The minimum absolute atomic E-state index is 0.882. The zero-order valence-electron chi connectivity index (χ0n) is 7.02. The van der Waals surface area contributed by atoms with Gasteiger partial charge in [0.25, 0.3) is 0 Å². The van der Waals surface area contributed by atoms with Gasteiger partial charge < -0.3 is 5.32 Å². The Hall–Kier alpha value is -0.760. The number of hydrogen-bond donors (Lipinski definition) is 1. The highest BCUT2D eigenvalue weighted by atomic mass is 35.5. The van der Waals surface area contributed by atoms with Crippen LogP contribution >= 0.6 is 11.6 Å². The van der Waals surface area contributed by atoms with Crippen molar-refractivity contribution in [2.45, 2.75) is 19.8 Å². The number of nitrogens with one attached hydrogen (secondary N) is 1. The van der Waals surface area contributed by atoms with Crippen LogP contribution in [0, 0.1) is 6.92 Å². The predicted molar refractivity (Wildman–Crippen MR) is 50.8 cm³/mol. The van der Waals surface area contributed by atoms with Crippen LogP contribution in [0.2, 0.25) is 5.02 Å². The van der Waals surface area contributed by atoms with Gasteiger partial charge in [0.2, 0.25) is 0 Å². The van der Waals surface area contributed by atoms with Crippen molar-refractivity contribution in [3.05, 3.63) is 22.3 Å². The summed E-state index contributed by atoms with van der Waals surface area (Å²) >= 11 is 6.13. The minimum atomic E-state index is 0.882. The summed E-state index contributed by atoms with van der Waals surface area (Å²) in [6, 6.07) is 0. The van der Waals surface area contributed by atoms with Crippen molar-refractivity contribution in [3.8, 4) is 0 Å². The van der Waals surface area contributed by atoms with Gasteiger partial charge in [-0.2, -0.15) is 0 Å². The quantitative estimate of drug-likeness (QED) is 0.667. The molecule has 12 heavy (non-hydrogen) atoms. The van der Waals surface area contributed by atoms with Gasteiger partial charge in [0, 0.05) is 18.3 Å². The molecule has 2 heterocycles. The molecule has 0 saturated carbocycles. The van der Waals surface area contributed by atoms with Gasteiger partial charge in [0.1, 0.15) is 5.82 Å². The average molecular weight is 183 g/mol. The Morgan fingerprint density at radius 2 is 2.42 bits per heavy atom. The van der Waals surface area contributed by atoms with Crippen LogP contribution in [0.1, 0.15) is 17.5 Å². The van der Waals surface area contributed by atoms with E-state index in [0.29, 0.717) is 0 Å². The molecule has 0 aromatic carbocycles. The van der Waals surface area contributed by atoms with Crippen LogP contribution in [0.4, 0.5) is 5.82 Å². The fourth-order valence-electron chi connectivity index (χ4n) is 1.49. The van der Waals surface area contributed by atoms with Crippen LogP contribution in [0.5, 0.6) is 0 Å². The SMILES string of the molecule is Cc1cnc2c(c1Cl)CCCN2. The number of anilines is 1. The van der Waals surface area contributed by atoms with Crippen molar-refractivity contribution in [1.82, 2.24) is 4.98 Å². The number of rotatable bonds is 0. The van der Waals surface area contributed by atoms with E-state index in [4.69, 9.17) is 11.6 Å². The summed E-state index contributed by atoms with van der Waals surface area (Å²) in [7, 11) is 0. The first-order chi connectivity index (χ1) is 5.79. The van der Waals surface area contributed by atoms with Gasteiger partial charge in [-0.1, -0.05) is 11.6 Å². The van der Waals surface area contributed by atoms with E-state index in [1.54, 1.807) is 0 Å². The highest BCUT2D eigenvalue weighted by Crippen LogP contribution is 2.28. The van der Waals surface area contributed by atoms with Crippen LogP contribution in [0.15, 0.2) is 6.20 Å². The van der Waals surface area contributed by atoms with Crippen molar-refractivity contribution >= 4 is 17.4 Å². The lowest BCUT2D eigenvalue weighted by Gasteiger charge is -2.18. The van der Waals surface area contributed by atoms with Crippen LogP contribution in [-0.2, 0) is 6.42 Å². The van der Waals surface area contributed by atoms with E-state index < -0.39 is 0 Å². The largest absolute Gasteiger partial charge is 0.370 e. The number of aromatic nitrogens is 1. The normalized spacial score (nSPS) is 15.2. The molecular formula is C9H11ClN2. The summed E-state index contributed by atoms with van der Waals surface area (Å²) in [4.78, 5) is 4.28. The number of pyridine rings is 1. The summed E-state index contributed by atoms with van der Waals surface area (Å²) in [6.45, 7) is 3.00. The molecule has 0 aliphatic carbocycles. The van der Waals surface area contributed by atoms with E-state index in [1.165, 1.54) is 5.56 Å². The van der Waals surface area contributed by atoms with Crippen LogP contribution in [0.25, 0.3) is 0 Å². The van der Waals surface area contributed by atoms with Crippen molar-refractivity contribution in [2.75, 3.05) is 11.9 Å². The van der Waals surface area contributed by atoms with Gasteiger partial charge in [-0.3, -0.25) is 0 Å². The van der Waals surface area contributed by atoms with Gasteiger partial charge in [-0.15, -0.1) is 0 Å². The molecular weight excluding hydrogens is 172 g/mol. The monoisotopic (exact) mass is 182 g/mol. The van der Waals surface area contributed by atoms with E-state index in [9.17, 15) is 0 Å². The molecule has 1 aliphatic heterocycles. The molecule has 0 amide bonds. The first-order valence-electron chi connectivity index (χ1n) is 4.17. The van der Waals surface area contributed by atoms with E-state index >= 15 is 0 Å². The molecule has 0 bridgehead atoms. The Balaban J connectivity index is 2.54. The van der Waals surface area contributed by atoms with E-state index in [1.807, 2.05) is 13.1 Å². The van der Waals surface area contributed by atoms with Gasteiger partial charge in [-0.05, 0) is 25.3 Å². The molecule has 0 saturated heterocycles. The highest BCUT2D eigenvalue weighted by molar-refractivity contribution is 6.32. The third kappa shape index (κ3) is 1.16. The maximum Gasteiger partial charge on any atom is 0.130 e. The molecule has 1 aromatic rings. The summed E-state index contributed by atoms with van der Waals surface area (Å²) < 4.78 is 0. The Bertz CT molecular complexity index is 310. The molecule has 2 rings (SSSR count). The maximum absolute atomic E-state index is 6.13. The molecule has 1 aliphatic rings. The van der Waals surface area contributed by atoms with Crippen LogP contribution < -0.4 is 5.32 Å². The lowest BCUT2D eigenvalue weighted by molar-refractivity contribution is 0.816. The Kier molecular flexibility index (Phi) is 1.93. The lowest BCUT2D eigenvalue weighted by Crippen LogP contribution is -2.13. The number of halogens is 1. The van der Waals surface area contributed by atoms with E-state index in [2.05, 4.69) is 10.3 Å². The van der Waals surface area contributed by atoms with Gasteiger partial charge in [-0.25, -0.2) is 4.98 Å². The van der Waals surface area contributed by atoms with Crippen molar-refractivity contribution in [2.24, 2.45) is 0 Å². The third-order valence-corrected chi connectivity index (χ3v) is 2.71. The van der Waals surface area contributed by atoms with E-state index in [-0.39, 0.29) is 0 Å². The lowest BCUT2D eigenvalue weighted by atomic mass is 10.1. The Morgan fingerprint density at radius 3 is 3.25 bits per heavy atom. The second-order valence-electron chi connectivity index (χ2n) is 3.11. The average Bonchev–Trinajstić information content (AvgIpc) is 2.12. The maximum atomic E-state index is 6.13. The second-order valence-corrected chi connectivity index (χ2v) is 3.49. The summed E-state index contributed by atoms with van der Waals surface area (Å²) in [5.41, 5.74) is 2.25. The highest BCUT2D eigenvalue weighted by Gasteiger charge is 2.13. The van der Waals surface area contributed by atoms with Gasteiger partial charge >= 0.3 is 0 Å². The molecule has 0 spiro atoms. The predicted octanol–water partition coefficient (Wildman–Crippen LogP) is 2.40. The van der Waals surface area contributed by atoms with Crippen molar-refractivity contribution < 1.29 is 0 Å². The Labute approximate surface area is 77.0 Å². The van der Waals surface area contributed by atoms with Gasteiger partial charge in [0.15, 0.2) is 0 Å². The zero-order chi connectivity index (χ0) is 8.55. The minimum Gasteiger partial charge on any atom is -0.370 e. The molecule has 0 unspecified atom stereocenters. The molecule has 0 atom stereocenters. The number of nitrogens with zero attached hydrogens (tertiary/aromatic N) is 1. The smallest absolute Gasteiger partial charge is 0.130 e.